The maximum absolute atomic E-state index is 5.99. The first-order valence-electron chi connectivity index (χ1n) is 6.18. The second kappa shape index (κ2) is 6.22. The maximum Gasteiger partial charge on any atom is 0.119 e. The molecule has 0 aliphatic carbocycles. The van der Waals surface area contributed by atoms with Crippen LogP contribution >= 0.6 is 0 Å². The summed E-state index contributed by atoms with van der Waals surface area (Å²) in [5, 5.41) is 0. The van der Waals surface area contributed by atoms with Crippen molar-refractivity contribution in [2.45, 2.75) is 12.5 Å². The largest absolute Gasteiger partial charge is 0.497 e. The van der Waals surface area contributed by atoms with E-state index in [1.807, 2.05) is 48.5 Å². The lowest BCUT2D eigenvalue weighted by molar-refractivity contribution is 0.414. The van der Waals surface area contributed by atoms with Gasteiger partial charge in [0.15, 0.2) is 0 Å². The Morgan fingerprint density at radius 2 is 1.95 bits per heavy atom. The molecule has 0 aromatic heterocycles. The Bertz CT molecular complexity index is 542. The third kappa shape index (κ3) is 3.24. The number of anilines is 1. The van der Waals surface area contributed by atoms with E-state index in [0.29, 0.717) is 0 Å². The number of nitrogen functional groups attached to an aromatic ring is 1. The summed E-state index contributed by atoms with van der Waals surface area (Å²) in [6.45, 7) is 0. The molecule has 0 aliphatic rings. The minimum absolute atomic E-state index is 0.0201. The lowest BCUT2D eigenvalue weighted by atomic mass is 9.98. The van der Waals surface area contributed by atoms with Gasteiger partial charge < -0.3 is 10.5 Å². The van der Waals surface area contributed by atoms with Gasteiger partial charge in [0.1, 0.15) is 5.75 Å². The van der Waals surface area contributed by atoms with E-state index in [1.54, 1.807) is 7.11 Å². The highest BCUT2D eigenvalue weighted by molar-refractivity contribution is 5.48. The number of methoxy groups -OCH3 is 1. The molecule has 2 rings (SSSR count). The first-order valence-corrected chi connectivity index (χ1v) is 6.18. The van der Waals surface area contributed by atoms with Gasteiger partial charge in [0.2, 0.25) is 0 Å². The normalized spacial score (nSPS) is 12.1. The summed E-state index contributed by atoms with van der Waals surface area (Å²) in [6, 6.07) is 15.7. The average Bonchev–Trinajstić information content (AvgIpc) is 2.46. The van der Waals surface area contributed by atoms with Gasteiger partial charge in [0.05, 0.1) is 13.2 Å². The Labute approximate surface area is 113 Å². The third-order valence-corrected chi connectivity index (χ3v) is 3.15. The molecule has 5 N–H and O–H groups in total. The van der Waals surface area contributed by atoms with Crippen molar-refractivity contribution >= 4 is 5.69 Å². The van der Waals surface area contributed by atoms with Gasteiger partial charge >= 0.3 is 0 Å². The topological polar surface area (TPSA) is 73.3 Å². The quantitative estimate of drug-likeness (QED) is 0.435. The summed E-state index contributed by atoms with van der Waals surface area (Å²) in [5.41, 5.74) is 11.7. The first-order chi connectivity index (χ1) is 9.24. The molecule has 2 aromatic rings. The summed E-state index contributed by atoms with van der Waals surface area (Å²) in [4.78, 5) is 0. The van der Waals surface area contributed by atoms with E-state index in [2.05, 4.69) is 5.43 Å². The number of nitrogens with one attached hydrogen (secondary N) is 1. The molecule has 0 heterocycles. The molecular formula is C15H19N3O. The second-order valence-electron chi connectivity index (χ2n) is 4.40. The predicted molar refractivity (Wildman–Crippen MR) is 77.6 cm³/mol. The number of hydrogen-bond acceptors (Lipinski definition) is 4. The van der Waals surface area contributed by atoms with Crippen LogP contribution in [0.3, 0.4) is 0 Å². The fraction of sp³-hybridized carbons (Fsp3) is 0.200. The fourth-order valence-corrected chi connectivity index (χ4v) is 2.12. The number of nitrogens with two attached hydrogens (primary N) is 2. The van der Waals surface area contributed by atoms with Crippen molar-refractivity contribution in [3.63, 3.8) is 0 Å². The molecular weight excluding hydrogens is 238 g/mol. The highest BCUT2D eigenvalue weighted by Crippen LogP contribution is 2.24. The molecule has 2 aromatic carbocycles. The average molecular weight is 257 g/mol. The molecule has 1 unspecified atom stereocenters. The number of hydrogen-bond donors (Lipinski definition) is 3. The lowest BCUT2D eigenvalue weighted by Crippen LogP contribution is -2.30. The summed E-state index contributed by atoms with van der Waals surface area (Å²) in [5.74, 6) is 6.50. The van der Waals surface area contributed by atoms with Gasteiger partial charge in [-0.1, -0.05) is 30.3 Å². The molecule has 0 amide bonds. The van der Waals surface area contributed by atoms with Gasteiger partial charge in [-0.05, 0) is 35.7 Å². The van der Waals surface area contributed by atoms with Crippen LogP contribution in [0.25, 0.3) is 0 Å². The van der Waals surface area contributed by atoms with Crippen LogP contribution in [-0.2, 0) is 6.42 Å². The molecule has 4 heteroatoms. The van der Waals surface area contributed by atoms with Crippen LogP contribution in [0.2, 0.25) is 0 Å². The van der Waals surface area contributed by atoms with Gasteiger partial charge in [0, 0.05) is 5.69 Å². The molecule has 0 saturated carbocycles. The van der Waals surface area contributed by atoms with Crippen LogP contribution in [-0.4, -0.2) is 7.11 Å². The van der Waals surface area contributed by atoms with Crippen molar-refractivity contribution in [2.75, 3.05) is 12.8 Å². The molecule has 0 fully saturated rings. The Morgan fingerprint density at radius 1 is 1.16 bits per heavy atom. The molecule has 0 saturated heterocycles. The molecule has 100 valence electrons. The van der Waals surface area contributed by atoms with E-state index in [4.69, 9.17) is 16.3 Å². The second-order valence-corrected chi connectivity index (χ2v) is 4.40. The zero-order valence-corrected chi connectivity index (χ0v) is 11.0. The SMILES string of the molecule is COc1cccc(CC(NN)c2ccccc2N)c1. The minimum atomic E-state index is -0.0201. The monoisotopic (exact) mass is 257 g/mol. The van der Waals surface area contributed by atoms with Gasteiger partial charge in [-0.3, -0.25) is 11.3 Å². The molecule has 0 aliphatic heterocycles. The number of benzene rings is 2. The first kappa shape index (κ1) is 13.4. The van der Waals surface area contributed by atoms with Crippen LogP contribution in [0.5, 0.6) is 5.75 Å². The van der Waals surface area contributed by atoms with Crippen molar-refractivity contribution in [1.82, 2.24) is 5.43 Å². The molecule has 4 nitrogen and oxygen atoms in total. The number of rotatable bonds is 5. The summed E-state index contributed by atoms with van der Waals surface area (Å²) in [6.07, 6.45) is 0.752. The standard InChI is InChI=1S/C15H19N3O/c1-19-12-6-4-5-11(9-12)10-15(18-17)13-7-2-3-8-14(13)16/h2-9,15,18H,10,16-17H2,1H3. The zero-order valence-electron chi connectivity index (χ0n) is 11.0. The number of para-hydroxylation sites is 1. The zero-order chi connectivity index (χ0) is 13.7. The predicted octanol–water partition coefficient (Wildman–Crippen LogP) is 2.02. The van der Waals surface area contributed by atoms with E-state index in [-0.39, 0.29) is 6.04 Å². The van der Waals surface area contributed by atoms with Crippen LogP contribution < -0.4 is 21.7 Å². The molecule has 1 atom stereocenters. The van der Waals surface area contributed by atoms with E-state index in [0.717, 1.165) is 29.0 Å². The lowest BCUT2D eigenvalue weighted by Gasteiger charge is -2.18. The van der Waals surface area contributed by atoms with Crippen molar-refractivity contribution in [3.8, 4) is 5.75 Å². The van der Waals surface area contributed by atoms with Crippen LogP contribution in [0.4, 0.5) is 5.69 Å². The molecule has 0 radical (unpaired) electrons. The van der Waals surface area contributed by atoms with Crippen molar-refractivity contribution in [2.24, 2.45) is 5.84 Å². The Kier molecular flexibility index (Phi) is 4.39. The van der Waals surface area contributed by atoms with Gasteiger partial charge in [-0.25, -0.2) is 0 Å². The molecule has 19 heavy (non-hydrogen) atoms. The third-order valence-electron chi connectivity index (χ3n) is 3.15. The number of hydrazine groups is 1. The van der Waals surface area contributed by atoms with Gasteiger partial charge in [-0.15, -0.1) is 0 Å². The smallest absolute Gasteiger partial charge is 0.119 e. The van der Waals surface area contributed by atoms with Crippen molar-refractivity contribution in [1.29, 1.82) is 0 Å². The van der Waals surface area contributed by atoms with E-state index >= 15 is 0 Å². The van der Waals surface area contributed by atoms with E-state index in [1.165, 1.54) is 0 Å². The summed E-state index contributed by atoms with van der Waals surface area (Å²) in [7, 11) is 1.66. The van der Waals surface area contributed by atoms with Crippen LogP contribution in [0.1, 0.15) is 17.2 Å². The highest BCUT2D eigenvalue weighted by Gasteiger charge is 2.13. The fourth-order valence-electron chi connectivity index (χ4n) is 2.12. The highest BCUT2D eigenvalue weighted by atomic mass is 16.5. The summed E-state index contributed by atoms with van der Waals surface area (Å²) < 4.78 is 5.22. The van der Waals surface area contributed by atoms with Crippen LogP contribution in [0.15, 0.2) is 48.5 Å². The minimum Gasteiger partial charge on any atom is -0.497 e. The van der Waals surface area contributed by atoms with Crippen LogP contribution in [0, 0.1) is 0 Å². The Balaban J connectivity index is 2.21. The van der Waals surface area contributed by atoms with E-state index < -0.39 is 0 Å². The van der Waals surface area contributed by atoms with E-state index in [9.17, 15) is 0 Å². The van der Waals surface area contributed by atoms with Gasteiger partial charge in [0.25, 0.3) is 0 Å². The van der Waals surface area contributed by atoms with Crippen molar-refractivity contribution in [3.05, 3.63) is 59.7 Å². The Hall–Kier alpha value is -2.04. The maximum atomic E-state index is 5.99. The Morgan fingerprint density at radius 3 is 2.63 bits per heavy atom. The van der Waals surface area contributed by atoms with Gasteiger partial charge in [-0.2, -0.15) is 0 Å². The molecule has 0 spiro atoms. The number of ether oxygens (including phenoxy) is 1. The summed E-state index contributed by atoms with van der Waals surface area (Å²) >= 11 is 0. The molecule has 0 bridgehead atoms. The van der Waals surface area contributed by atoms with Crippen molar-refractivity contribution < 1.29 is 4.74 Å².